The van der Waals surface area contributed by atoms with Crippen molar-refractivity contribution in [2.75, 3.05) is 6.61 Å². The van der Waals surface area contributed by atoms with E-state index in [9.17, 15) is 4.79 Å². The summed E-state index contributed by atoms with van der Waals surface area (Å²) < 4.78 is 0. The maximum absolute atomic E-state index is 10.5. The number of hydrogen-bond donors (Lipinski definition) is 4. The van der Waals surface area contributed by atoms with Crippen LogP contribution in [0.3, 0.4) is 0 Å². The summed E-state index contributed by atoms with van der Waals surface area (Å²) in [4.78, 5) is 10.5. The second-order valence-electron chi connectivity index (χ2n) is 2.54. The minimum Gasteiger partial charge on any atom is -0.389 e. The smallest absolute Gasteiger partial charge is 0.162 e. The molecule has 0 radical (unpaired) electrons. The van der Waals surface area contributed by atoms with Crippen LogP contribution in [0.15, 0.2) is 0 Å². The fourth-order valence-corrected chi connectivity index (χ4v) is 0.519. The van der Waals surface area contributed by atoms with Gasteiger partial charge in [0.25, 0.3) is 0 Å². The van der Waals surface area contributed by atoms with E-state index >= 15 is 0 Å². The van der Waals surface area contributed by atoms with E-state index in [0.717, 1.165) is 0 Å². The van der Waals surface area contributed by atoms with E-state index in [4.69, 9.17) is 21.1 Å². The first kappa shape index (κ1) is 10.5. The Labute approximate surface area is 64.4 Å². The molecule has 2 atom stereocenters. The molecule has 66 valence electrons. The van der Waals surface area contributed by atoms with Crippen LogP contribution in [0.5, 0.6) is 0 Å². The number of ketones is 1. The first-order valence-electron chi connectivity index (χ1n) is 3.22. The van der Waals surface area contributed by atoms with Crippen LogP contribution < -0.4 is 5.73 Å². The molecule has 5 heteroatoms. The van der Waals surface area contributed by atoms with E-state index in [1.54, 1.807) is 0 Å². The van der Waals surface area contributed by atoms with Gasteiger partial charge in [-0.15, -0.1) is 0 Å². The van der Waals surface area contributed by atoms with Crippen LogP contribution in [0, 0.1) is 0 Å². The normalized spacial score (nSPS) is 19.0. The highest BCUT2D eigenvalue weighted by Crippen LogP contribution is 2.07. The topological polar surface area (TPSA) is 104 Å². The maximum atomic E-state index is 10.5. The van der Waals surface area contributed by atoms with Crippen molar-refractivity contribution in [2.24, 2.45) is 5.73 Å². The molecular weight excluding hydrogens is 150 g/mol. The molecule has 0 fully saturated rings. The lowest BCUT2D eigenvalue weighted by atomic mass is 10.0. The number of carbonyl (C=O) groups is 1. The fourth-order valence-electron chi connectivity index (χ4n) is 0.519. The minimum atomic E-state index is -1.93. The van der Waals surface area contributed by atoms with Gasteiger partial charge in [-0.1, -0.05) is 0 Å². The average molecular weight is 163 g/mol. The molecule has 0 aromatic rings. The number of carbonyl (C=O) groups excluding carboxylic acids is 1. The summed E-state index contributed by atoms with van der Waals surface area (Å²) in [6.45, 7) is 0.594. The van der Waals surface area contributed by atoms with Gasteiger partial charge in [0.05, 0.1) is 12.5 Å². The van der Waals surface area contributed by atoms with E-state index in [1.165, 1.54) is 6.92 Å². The Bertz CT molecular complexity index is 144. The van der Waals surface area contributed by atoms with Crippen molar-refractivity contribution in [3.05, 3.63) is 0 Å². The maximum Gasteiger partial charge on any atom is 0.162 e. The van der Waals surface area contributed by atoms with E-state index in [1.807, 2.05) is 0 Å². The SMILES string of the molecule is C[C@@H](O)[C@@](N)(O)CC(=O)CO. The first-order chi connectivity index (χ1) is 4.90. The van der Waals surface area contributed by atoms with Gasteiger partial charge in [-0.25, -0.2) is 0 Å². The van der Waals surface area contributed by atoms with Crippen LogP contribution in [0.2, 0.25) is 0 Å². The van der Waals surface area contributed by atoms with Gasteiger partial charge in [-0.2, -0.15) is 0 Å². The Morgan fingerprint density at radius 1 is 1.73 bits per heavy atom. The van der Waals surface area contributed by atoms with Gasteiger partial charge in [-0.05, 0) is 6.92 Å². The van der Waals surface area contributed by atoms with Crippen LogP contribution in [-0.4, -0.2) is 39.5 Å². The van der Waals surface area contributed by atoms with E-state index < -0.39 is 30.6 Å². The lowest BCUT2D eigenvalue weighted by molar-refractivity contribution is -0.132. The van der Waals surface area contributed by atoms with Crippen molar-refractivity contribution in [2.45, 2.75) is 25.2 Å². The molecule has 0 saturated heterocycles. The predicted octanol–water partition coefficient (Wildman–Crippen LogP) is -2.03. The van der Waals surface area contributed by atoms with Gasteiger partial charge in [-0.3, -0.25) is 4.79 Å². The molecule has 0 heterocycles. The Hall–Kier alpha value is -0.490. The van der Waals surface area contributed by atoms with Gasteiger partial charge in [0.1, 0.15) is 12.3 Å². The third kappa shape index (κ3) is 3.43. The summed E-state index contributed by atoms with van der Waals surface area (Å²) in [6, 6.07) is 0. The highest BCUT2D eigenvalue weighted by molar-refractivity contribution is 5.80. The molecule has 0 rings (SSSR count). The second-order valence-corrected chi connectivity index (χ2v) is 2.54. The van der Waals surface area contributed by atoms with E-state index in [0.29, 0.717) is 0 Å². The standard InChI is InChI=1S/C6H13NO4/c1-4(9)6(7,11)2-5(10)3-8/h4,8-9,11H,2-3,7H2,1H3/t4-,6+/m1/s1. The third-order valence-corrected chi connectivity index (χ3v) is 1.38. The molecular formula is C6H13NO4. The molecule has 0 aliphatic rings. The largest absolute Gasteiger partial charge is 0.389 e. The third-order valence-electron chi connectivity index (χ3n) is 1.38. The van der Waals surface area contributed by atoms with Gasteiger partial charge < -0.3 is 21.1 Å². The van der Waals surface area contributed by atoms with Crippen molar-refractivity contribution < 1.29 is 20.1 Å². The Balaban J connectivity index is 4.01. The molecule has 0 spiro atoms. The highest BCUT2D eigenvalue weighted by atomic mass is 16.4. The number of rotatable bonds is 4. The van der Waals surface area contributed by atoms with Crippen molar-refractivity contribution >= 4 is 5.78 Å². The van der Waals surface area contributed by atoms with Crippen molar-refractivity contribution in [3.8, 4) is 0 Å². The zero-order chi connectivity index (χ0) is 9.07. The van der Waals surface area contributed by atoms with Gasteiger partial charge in [0.15, 0.2) is 5.78 Å². The number of nitrogens with two attached hydrogens (primary N) is 1. The monoisotopic (exact) mass is 163 g/mol. The summed E-state index contributed by atoms with van der Waals surface area (Å²) in [5.74, 6) is -0.601. The number of aliphatic hydroxyl groups excluding tert-OH is 2. The molecule has 11 heavy (non-hydrogen) atoms. The van der Waals surface area contributed by atoms with E-state index in [-0.39, 0.29) is 0 Å². The molecule has 0 aromatic carbocycles. The van der Waals surface area contributed by atoms with Crippen molar-refractivity contribution in [1.82, 2.24) is 0 Å². The predicted molar refractivity (Wildman–Crippen MR) is 37.5 cm³/mol. The highest BCUT2D eigenvalue weighted by Gasteiger charge is 2.29. The van der Waals surface area contributed by atoms with Crippen molar-refractivity contribution in [3.63, 3.8) is 0 Å². The van der Waals surface area contributed by atoms with Gasteiger partial charge in [0.2, 0.25) is 0 Å². The Morgan fingerprint density at radius 3 is 2.45 bits per heavy atom. The van der Waals surface area contributed by atoms with Crippen LogP contribution in [0.25, 0.3) is 0 Å². The van der Waals surface area contributed by atoms with Crippen LogP contribution in [-0.2, 0) is 4.79 Å². The van der Waals surface area contributed by atoms with Gasteiger partial charge in [0, 0.05) is 0 Å². The number of Topliss-reactive ketones (excluding diaryl/α,β-unsaturated/α-hetero) is 1. The molecule has 0 aliphatic carbocycles. The Morgan fingerprint density at radius 2 is 2.18 bits per heavy atom. The lowest BCUT2D eigenvalue weighted by Crippen LogP contribution is -2.51. The zero-order valence-corrected chi connectivity index (χ0v) is 6.32. The average Bonchev–Trinajstić information content (AvgIpc) is 1.86. The quantitative estimate of drug-likeness (QED) is 0.358. The molecule has 0 bridgehead atoms. The van der Waals surface area contributed by atoms with Crippen LogP contribution >= 0.6 is 0 Å². The number of aliphatic hydroxyl groups is 3. The molecule has 0 amide bonds. The minimum absolute atomic E-state index is 0.443. The second kappa shape index (κ2) is 3.77. The number of hydrogen-bond acceptors (Lipinski definition) is 5. The molecule has 0 unspecified atom stereocenters. The zero-order valence-electron chi connectivity index (χ0n) is 6.32. The Kier molecular flexibility index (Phi) is 3.61. The van der Waals surface area contributed by atoms with Crippen molar-refractivity contribution in [1.29, 1.82) is 0 Å². The van der Waals surface area contributed by atoms with Crippen LogP contribution in [0.1, 0.15) is 13.3 Å². The van der Waals surface area contributed by atoms with Crippen LogP contribution in [0.4, 0.5) is 0 Å². The lowest BCUT2D eigenvalue weighted by Gasteiger charge is -2.24. The summed E-state index contributed by atoms with van der Waals surface area (Å²) in [7, 11) is 0. The molecule has 0 aromatic heterocycles. The molecule has 5 N–H and O–H groups in total. The van der Waals surface area contributed by atoms with E-state index in [2.05, 4.69) is 0 Å². The molecule has 5 nitrogen and oxygen atoms in total. The molecule has 0 aliphatic heterocycles. The molecule has 0 saturated carbocycles. The van der Waals surface area contributed by atoms with Gasteiger partial charge >= 0.3 is 0 Å². The first-order valence-corrected chi connectivity index (χ1v) is 3.22. The summed E-state index contributed by atoms with van der Waals surface area (Å²) in [5.41, 5.74) is 3.18. The fraction of sp³-hybridized carbons (Fsp3) is 0.833. The summed E-state index contributed by atoms with van der Waals surface area (Å²) in [6.07, 6.45) is -1.64. The summed E-state index contributed by atoms with van der Waals surface area (Å²) >= 11 is 0. The summed E-state index contributed by atoms with van der Waals surface area (Å²) in [5, 5.41) is 26.2.